The van der Waals surface area contributed by atoms with Crippen molar-refractivity contribution in [1.82, 2.24) is 4.98 Å². The van der Waals surface area contributed by atoms with Crippen LogP contribution in [0.15, 0.2) is 84.9 Å². The van der Waals surface area contributed by atoms with Crippen LogP contribution in [-0.4, -0.2) is 56.8 Å². The zero-order chi connectivity index (χ0) is 32.6. The van der Waals surface area contributed by atoms with Gasteiger partial charge < -0.3 is 38.6 Å². The van der Waals surface area contributed by atoms with E-state index in [2.05, 4.69) is 0 Å². The van der Waals surface area contributed by atoms with Crippen LogP contribution < -0.4 is 28.4 Å². The first-order valence-electron chi connectivity index (χ1n) is 14.6. The molecular weight excluding hydrogens is 606 g/mol. The van der Waals surface area contributed by atoms with E-state index in [1.165, 1.54) is 0 Å². The summed E-state index contributed by atoms with van der Waals surface area (Å²) in [7, 11) is 6.26. The predicted molar refractivity (Wildman–Crippen MR) is 178 cm³/mol. The fourth-order valence-corrected chi connectivity index (χ4v) is 5.79. The van der Waals surface area contributed by atoms with E-state index in [0.29, 0.717) is 45.6 Å². The van der Waals surface area contributed by atoms with Crippen LogP contribution in [0, 0.1) is 6.92 Å². The Labute approximate surface area is 272 Å². The lowest BCUT2D eigenvalue weighted by atomic mass is 10.1. The highest BCUT2D eigenvalue weighted by atomic mass is 32.1. The van der Waals surface area contributed by atoms with Crippen molar-refractivity contribution in [3.63, 3.8) is 0 Å². The van der Waals surface area contributed by atoms with Gasteiger partial charge in [0.2, 0.25) is 0 Å². The molecule has 0 saturated heterocycles. The third kappa shape index (κ3) is 7.54. The number of aliphatic hydroxyl groups is 2. The summed E-state index contributed by atoms with van der Waals surface area (Å²) in [6.07, 6.45) is -1.66. The van der Waals surface area contributed by atoms with Crippen molar-refractivity contribution in [1.29, 1.82) is 0 Å². The van der Waals surface area contributed by atoms with Crippen LogP contribution in [0.3, 0.4) is 0 Å². The van der Waals surface area contributed by atoms with Crippen molar-refractivity contribution in [2.24, 2.45) is 0 Å². The lowest BCUT2D eigenvalue weighted by Gasteiger charge is -2.15. The van der Waals surface area contributed by atoms with Crippen LogP contribution in [0.2, 0.25) is 0 Å². The SMILES string of the molecule is COc1ccc(C(O)COc2ccc(-c3nc(-c4ccc(OCC(O)c5ccc(OC)c(OC)c5)cc4)c(C)s3)cc2)cc1OC. The standard InChI is InChI=1S/C36H37NO8S/c1-22-35(23-6-12-27(13-7-23)44-20-29(38)25-10-16-31(40-2)33(18-25)42-4)37-36(46-22)24-8-14-28(15-9-24)45-21-30(39)26-11-17-32(41-3)34(19-26)43-5/h6-19,29-30,38-39H,20-21H2,1-5H3. The molecule has 4 aromatic carbocycles. The minimum absolute atomic E-state index is 0.0869. The number of aliphatic hydroxyl groups excluding tert-OH is 2. The van der Waals surface area contributed by atoms with Crippen LogP contribution in [0.1, 0.15) is 28.2 Å². The number of aromatic nitrogens is 1. The third-order valence-electron chi connectivity index (χ3n) is 7.43. The Bertz CT molecular complexity index is 1740. The van der Waals surface area contributed by atoms with Gasteiger partial charge in [0.15, 0.2) is 23.0 Å². The molecule has 0 saturated carbocycles. The number of nitrogens with zero attached hydrogens (tertiary/aromatic N) is 1. The number of rotatable bonds is 14. The summed E-state index contributed by atoms with van der Waals surface area (Å²) in [5.41, 5.74) is 4.18. The highest BCUT2D eigenvalue weighted by molar-refractivity contribution is 7.15. The minimum atomic E-state index is -0.831. The third-order valence-corrected chi connectivity index (χ3v) is 8.45. The van der Waals surface area contributed by atoms with E-state index in [1.54, 1.807) is 76.2 Å². The Morgan fingerprint density at radius 2 is 1.02 bits per heavy atom. The Hall–Kier alpha value is -4.77. The van der Waals surface area contributed by atoms with Gasteiger partial charge in [-0.25, -0.2) is 4.98 Å². The Morgan fingerprint density at radius 3 is 1.46 bits per heavy atom. The predicted octanol–water partition coefficient (Wildman–Crippen LogP) is 7.04. The number of aryl methyl sites for hydroxylation is 1. The molecule has 1 heterocycles. The molecule has 5 rings (SSSR count). The summed E-state index contributed by atoms with van der Waals surface area (Å²) in [5.74, 6) is 3.58. The molecule has 0 amide bonds. The minimum Gasteiger partial charge on any atom is -0.493 e. The summed E-state index contributed by atoms with van der Waals surface area (Å²) in [4.78, 5) is 6.00. The quantitative estimate of drug-likeness (QED) is 0.132. The molecule has 46 heavy (non-hydrogen) atoms. The van der Waals surface area contributed by atoms with Crippen LogP contribution in [-0.2, 0) is 0 Å². The van der Waals surface area contributed by atoms with Crippen molar-refractivity contribution < 1.29 is 38.6 Å². The molecule has 0 aliphatic heterocycles. The first-order valence-corrected chi connectivity index (χ1v) is 15.4. The highest BCUT2D eigenvalue weighted by Crippen LogP contribution is 2.35. The first-order chi connectivity index (χ1) is 22.3. The topological polar surface area (TPSA) is 109 Å². The van der Waals surface area contributed by atoms with E-state index in [4.69, 9.17) is 33.4 Å². The molecule has 2 atom stereocenters. The van der Waals surface area contributed by atoms with Crippen LogP contribution >= 0.6 is 11.3 Å². The first kappa shape index (κ1) is 32.6. The lowest BCUT2D eigenvalue weighted by molar-refractivity contribution is 0.108. The second kappa shape index (κ2) is 15.0. The van der Waals surface area contributed by atoms with Gasteiger partial charge in [0.1, 0.15) is 41.9 Å². The maximum Gasteiger partial charge on any atom is 0.161 e. The van der Waals surface area contributed by atoms with E-state index < -0.39 is 12.2 Å². The molecule has 9 nitrogen and oxygen atoms in total. The van der Waals surface area contributed by atoms with Gasteiger partial charge in [0, 0.05) is 16.0 Å². The monoisotopic (exact) mass is 643 g/mol. The number of thiazole rings is 1. The lowest BCUT2D eigenvalue weighted by Crippen LogP contribution is -2.10. The van der Waals surface area contributed by atoms with Crippen molar-refractivity contribution in [2.75, 3.05) is 41.7 Å². The number of methoxy groups -OCH3 is 4. The number of ether oxygens (including phenoxy) is 6. The Balaban J connectivity index is 1.18. The van der Waals surface area contributed by atoms with Gasteiger partial charge in [0.05, 0.1) is 34.1 Å². The van der Waals surface area contributed by atoms with Crippen molar-refractivity contribution in [2.45, 2.75) is 19.1 Å². The van der Waals surface area contributed by atoms with Crippen LogP contribution in [0.25, 0.3) is 21.8 Å². The molecule has 2 unspecified atom stereocenters. The van der Waals surface area contributed by atoms with Gasteiger partial charge in [-0.3, -0.25) is 0 Å². The highest BCUT2D eigenvalue weighted by Gasteiger charge is 2.16. The van der Waals surface area contributed by atoms with Crippen LogP contribution in [0.5, 0.6) is 34.5 Å². The Kier molecular flexibility index (Phi) is 10.6. The largest absolute Gasteiger partial charge is 0.493 e. The van der Waals surface area contributed by atoms with E-state index in [0.717, 1.165) is 26.7 Å². The van der Waals surface area contributed by atoms with Gasteiger partial charge in [-0.2, -0.15) is 0 Å². The molecule has 0 aliphatic carbocycles. The number of benzene rings is 4. The smallest absolute Gasteiger partial charge is 0.161 e. The molecular formula is C36H37NO8S. The summed E-state index contributed by atoms with van der Waals surface area (Å²) in [5, 5.41) is 22.2. The zero-order valence-corrected chi connectivity index (χ0v) is 27.2. The molecule has 10 heteroatoms. The zero-order valence-electron chi connectivity index (χ0n) is 26.4. The Morgan fingerprint density at radius 1 is 0.587 bits per heavy atom. The fourth-order valence-electron chi connectivity index (χ4n) is 4.85. The number of hydrogen-bond donors (Lipinski definition) is 2. The summed E-state index contributed by atoms with van der Waals surface area (Å²) in [6.45, 7) is 2.22. The molecule has 0 bridgehead atoms. The van der Waals surface area contributed by atoms with Gasteiger partial charge in [0.25, 0.3) is 0 Å². The molecule has 0 aliphatic rings. The van der Waals surface area contributed by atoms with Crippen molar-refractivity contribution in [3.8, 4) is 56.3 Å². The second-order valence-corrected chi connectivity index (χ2v) is 11.6. The van der Waals surface area contributed by atoms with Gasteiger partial charge in [-0.1, -0.05) is 12.1 Å². The maximum atomic E-state index is 10.6. The molecule has 0 radical (unpaired) electrons. The average Bonchev–Trinajstić information content (AvgIpc) is 3.50. The molecule has 1 aromatic heterocycles. The number of hydrogen-bond acceptors (Lipinski definition) is 10. The van der Waals surface area contributed by atoms with Crippen molar-refractivity contribution >= 4 is 11.3 Å². The van der Waals surface area contributed by atoms with Crippen LogP contribution in [0.4, 0.5) is 0 Å². The molecule has 0 spiro atoms. The van der Waals surface area contributed by atoms with E-state index in [1.807, 2.05) is 55.5 Å². The molecule has 2 N–H and O–H groups in total. The van der Waals surface area contributed by atoms with Gasteiger partial charge >= 0.3 is 0 Å². The summed E-state index contributed by atoms with van der Waals surface area (Å²) < 4.78 is 32.9. The van der Waals surface area contributed by atoms with Gasteiger partial charge in [-0.15, -0.1) is 11.3 Å². The molecule has 5 aromatic rings. The summed E-state index contributed by atoms with van der Waals surface area (Å²) >= 11 is 1.61. The second-order valence-electron chi connectivity index (χ2n) is 10.4. The molecule has 0 fully saturated rings. The average molecular weight is 644 g/mol. The molecule has 240 valence electrons. The van der Waals surface area contributed by atoms with E-state index >= 15 is 0 Å². The maximum absolute atomic E-state index is 10.6. The van der Waals surface area contributed by atoms with E-state index in [-0.39, 0.29) is 13.2 Å². The van der Waals surface area contributed by atoms with Gasteiger partial charge in [-0.05, 0) is 90.8 Å². The fraction of sp³-hybridized carbons (Fsp3) is 0.250. The van der Waals surface area contributed by atoms with E-state index in [9.17, 15) is 10.2 Å². The van der Waals surface area contributed by atoms with Crippen molar-refractivity contribution in [3.05, 3.63) is 101 Å². The normalized spacial score (nSPS) is 12.2. The summed E-state index contributed by atoms with van der Waals surface area (Å²) in [6, 6.07) is 25.9.